The number of unbranched alkanes of at least 4 members (excludes halogenated alkanes) is 8. The summed E-state index contributed by atoms with van der Waals surface area (Å²) in [6.45, 7) is 2.34. The lowest BCUT2D eigenvalue weighted by Crippen LogP contribution is -2.14. The summed E-state index contributed by atoms with van der Waals surface area (Å²) < 4.78 is 5.76. The van der Waals surface area contributed by atoms with Gasteiger partial charge < -0.3 is 14.9 Å². The minimum atomic E-state index is -0.711. The number of carboxylic acids is 1. The minimum Gasteiger partial charge on any atom is -0.481 e. The van der Waals surface area contributed by atoms with Crippen LogP contribution in [0.25, 0.3) is 0 Å². The van der Waals surface area contributed by atoms with Gasteiger partial charge in [-0.05, 0) is 32.1 Å². The molecule has 0 spiro atoms. The van der Waals surface area contributed by atoms with Gasteiger partial charge in [0.1, 0.15) is 0 Å². The predicted molar refractivity (Wildman–Crippen MR) is 102 cm³/mol. The summed E-state index contributed by atoms with van der Waals surface area (Å²) in [5.74, 6) is -0.988. The molecule has 0 aliphatic carbocycles. The van der Waals surface area contributed by atoms with Gasteiger partial charge in [-0.15, -0.1) is 0 Å². The van der Waals surface area contributed by atoms with Gasteiger partial charge in [0.2, 0.25) is 0 Å². The quantitative estimate of drug-likeness (QED) is 0.258. The van der Waals surface area contributed by atoms with Crippen LogP contribution < -0.4 is 0 Å². The second-order valence-corrected chi connectivity index (χ2v) is 7.66. The lowest BCUT2D eigenvalue weighted by molar-refractivity contribution is -0.142. The fraction of sp³-hybridized carbons (Fsp3) is 0.952. The van der Waals surface area contributed by atoms with Crippen LogP contribution >= 0.6 is 0 Å². The molecule has 1 rings (SSSR count). The lowest BCUT2D eigenvalue weighted by atomic mass is 9.96. The van der Waals surface area contributed by atoms with Crippen LogP contribution in [-0.4, -0.2) is 35.0 Å². The van der Waals surface area contributed by atoms with Gasteiger partial charge in [-0.3, -0.25) is 4.79 Å². The number of ether oxygens (including phenoxy) is 1. The van der Waals surface area contributed by atoms with Gasteiger partial charge in [0, 0.05) is 6.61 Å². The van der Waals surface area contributed by atoms with Crippen molar-refractivity contribution >= 4 is 5.97 Å². The molecule has 2 N–H and O–H groups in total. The van der Waals surface area contributed by atoms with Crippen molar-refractivity contribution in [2.75, 3.05) is 6.61 Å². The summed E-state index contributed by atoms with van der Waals surface area (Å²) in [6.07, 6.45) is 18.0. The van der Waals surface area contributed by atoms with E-state index in [1.165, 1.54) is 64.2 Å². The Morgan fingerprint density at radius 3 is 1.92 bits per heavy atom. The van der Waals surface area contributed by atoms with Gasteiger partial charge in [-0.1, -0.05) is 71.1 Å². The third-order valence-corrected chi connectivity index (χ3v) is 5.38. The molecular formula is C21H40O4. The Morgan fingerprint density at radius 1 is 0.840 bits per heavy atom. The summed E-state index contributed by atoms with van der Waals surface area (Å²) in [7, 11) is 0. The maximum atomic E-state index is 11.1. The molecule has 4 heteroatoms. The molecule has 0 amide bonds. The average molecular weight is 357 g/mol. The van der Waals surface area contributed by atoms with Crippen molar-refractivity contribution in [2.45, 2.75) is 115 Å². The van der Waals surface area contributed by atoms with Crippen LogP contribution in [0.4, 0.5) is 0 Å². The summed E-state index contributed by atoms with van der Waals surface area (Å²) in [5, 5.41) is 18.0. The maximum absolute atomic E-state index is 11.1. The van der Waals surface area contributed by atoms with Crippen molar-refractivity contribution in [1.82, 2.24) is 0 Å². The van der Waals surface area contributed by atoms with Crippen molar-refractivity contribution in [1.29, 1.82) is 0 Å². The molecule has 1 fully saturated rings. The van der Waals surface area contributed by atoms with Crippen molar-refractivity contribution in [3.05, 3.63) is 0 Å². The van der Waals surface area contributed by atoms with Gasteiger partial charge in [-0.25, -0.2) is 0 Å². The molecule has 0 aromatic rings. The van der Waals surface area contributed by atoms with E-state index in [-0.39, 0.29) is 12.5 Å². The van der Waals surface area contributed by atoms with E-state index in [0.29, 0.717) is 25.0 Å². The van der Waals surface area contributed by atoms with E-state index in [1.54, 1.807) is 0 Å². The first-order valence-electron chi connectivity index (χ1n) is 10.7. The van der Waals surface area contributed by atoms with E-state index >= 15 is 0 Å². The fourth-order valence-corrected chi connectivity index (χ4v) is 3.63. The molecule has 1 saturated heterocycles. The maximum Gasteiger partial charge on any atom is 0.306 e. The van der Waals surface area contributed by atoms with Crippen LogP contribution in [0.2, 0.25) is 0 Å². The number of aliphatic hydroxyl groups excluding tert-OH is 1. The van der Waals surface area contributed by atoms with Gasteiger partial charge in [0.15, 0.2) is 0 Å². The highest BCUT2D eigenvalue weighted by Crippen LogP contribution is 2.32. The molecule has 0 radical (unpaired) electrons. The van der Waals surface area contributed by atoms with E-state index < -0.39 is 5.97 Å². The monoisotopic (exact) mass is 356 g/mol. The molecule has 0 saturated carbocycles. The largest absolute Gasteiger partial charge is 0.481 e. The molecule has 1 aliphatic rings. The Balaban J connectivity index is 1.88. The zero-order valence-electron chi connectivity index (χ0n) is 16.3. The molecule has 1 heterocycles. The number of aliphatic carboxylic acids is 1. The van der Waals surface area contributed by atoms with Crippen LogP contribution in [0.1, 0.15) is 103 Å². The summed E-state index contributed by atoms with van der Waals surface area (Å²) in [4.78, 5) is 11.1. The average Bonchev–Trinajstić information content (AvgIpc) is 3.34. The first-order valence-corrected chi connectivity index (χ1v) is 10.7. The Labute approximate surface area is 154 Å². The van der Waals surface area contributed by atoms with Crippen LogP contribution in [0.5, 0.6) is 0 Å². The fourth-order valence-electron chi connectivity index (χ4n) is 3.63. The zero-order valence-corrected chi connectivity index (χ0v) is 16.3. The van der Waals surface area contributed by atoms with Crippen molar-refractivity contribution in [3.63, 3.8) is 0 Å². The molecule has 3 atom stereocenters. The van der Waals surface area contributed by atoms with Crippen LogP contribution in [0, 0.1) is 5.92 Å². The molecule has 148 valence electrons. The topological polar surface area (TPSA) is 70.1 Å². The number of hydrogen-bond donors (Lipinski definition) is 2. The van der Waals surface area contributed by atoms with Crippen molar-refractivity contribution in [3.8, 4) is 0 Å². The molecule has 1 aliphatic heterocycles. The van der Waals surface area contributed by atoms with E-state index in [4.69, 9.17) is 14.9 Å². The molecule has 0 bridgehead atoms. The number of epoxide rings is 1. The summed E-state index contributed by atoms with van der Waals surface area (Å²) in [5.41, 5.74) is 0. The van der Waals surface area contributed by atoms with Crippen LogP contribution in [0.3, 0.4) is 0 Å². The van der Waals surface area contributed by atoms with Crippen LogP contribution in [-0.2, 0) is 9.53 Å². The van der Waals surface area contributed by atoms with E-state index in [2.05, 4.69) is 6.92 Å². The van der Waals surface area contributed by atoms with Crippen LogP contribution in [0.15, 0.2) is 0 Å². The second-order valence-electron chi connectivity index (χ2n) is 7.66. The SMILES string of the molecule is CCCCCCCCC1OC1CCCCCCC(CCCO)C(=O)O. The van der Waals surface area contributed by atoms with Gasteiger partial charge in [0.25, 0.3) is 0 Å². The Bertz CT molecular complexity index is 332. The third-order valence-electron chi connectivity index (χ3n) is 5.38. The van der Waals surface area contributed by atoms with E-state index in [0.717, 1.165) is 19.3 Å². The third kappa shape index (κ3) is 11.6. The number of aliphatic hydroxyl groups is 1. The Hall–Kier alpha value is -0.610. The molecule has 0 aromatic carbocycles. The van der Waals surface area contributed by atoms with Gasteiger partial charge in [0.05, 0.1) is 18.1 Å². The van der Waals surface area contributed by atoms with E-state index in [1.807, 2.05) is 0 Å². The smallest absolute Gasteiger partial charge is 0.306 e. The minimum absolute atomic E-state index is 0.0884. The number of hydrogen-bond acceptors (Lipinski definition) is 3. The molecular weight excluding hydrogens is 316 g/mol. The lowest BCUT2D eigenvalue weighted by Gasteiger charge is -2.11. The first-order chi connectivity index (χ1) is 12.2. The number of rotatable bonds is 18. The highest BCUT2D eigenvalue weighted by molar-refractivity contribution is 5.69. The standard InChI is InChI=1S/C21H40O4/c1-2-3-4-5-6-10-15-19-20(25-19)16-11-8-7-9-13-18(21(23)24)14-12-17-22/h18-20,22H,2-17H2,1H3,(H,23,24). The second kappa shape index (κ2) is 14.5. The predicted octanol–water partition coefficient (Wildman–Crippen LogP) is 5.32. The summed E-state index contributed by atoms with van der Waals surface area (Å²) >= 11 is 0. The normalized spacial score (nSPS) is 20.6. The first kappa shape index (κ1) is 22.4. The molecule has 4 nitrogen and oxygen atoms in total. The van der Waals surface area contributed by atoms with Gasteiger partial charge >= 0.3 is 5.97 Å². The number of carboxylic acid groups (broad SMARTS) is 1. The van der Waals surface area contributed by atoms with E-state index in [9.17, 15) is 4.79 Å². The zero-order chi connectivity index (χ0) is 18.3. The molecule has 0 aromatic heterocycles. The highest BCUT2D eigenvalue weighted by atomic mass is 16.6. The molecule has 3 unspecified atom stereocenters. The Morgan fingerprint density at radius 2 is 1.36 bits per heavy atom. The van der Waals surface area contributed by atoms with Crippen molar-refractivity contribution in [2.24, 2.45) is 5.92 Å². The molecule has 25 heavy (non-hydrogen) atoms. The Kier molecular flexibility index (Phi) is 13.1. The number of carbonyl (C=O) groups is 1. The summed E-state index contributed by atoms with van der Waals surface area (Å²) in [6, 6.07) is 0. The highest BCUT2D eigenvalue weighted by Gasteiger charge is 2.36. The van der Waals surface area contributed by atoms with Crippen molar-refractivity contribution < 1.29 is 19.7 Å². The van der Waals surface area contributed by atoms with Gasteiger partial charge in [-0.2, -0.15) is 0 Å².